The smallest absolute Gasteiger partial charge is 0.0684 e. The highest BCUT2D eigenvalue weighted by Gasteiger charge is 2.16. The predicted octanol–water partition coefficient (Wildman–Crippen LogP) is 0.995. The molecule has 13 heavy (non-hydrogen) atoms. The third kappa shape index (κ3) is 1.60. The van der Waals surface area contributed by atoms with Crippen LogP contribution in [0, 0.1) is 0 Å². The van der Waals surface area contributed by atoms with Gasteiger partial charge in [-0.15, -0.1) is 0 Å². The molecule has 3 N–H and O–H groups in total. The van der Waals surface area contributed by atoms with E-state index in [0.717, 1.165) is 24.8 Å². The highest BCUT2D eigenvalue weighted by atomic mass is 16.3. The fourth-order valence-corrected chi connectivity index (χ4v) is 2.06. The lowest BCUT2D eigenvalue weighted by Crippen LogP contribution is -2.28. The van der Waals surface area contributed by atoms with Crippen molar-refractivity contribution in [1.29, 1.82) is 0 Å². The topological polar surface area (TPSA) is 46.2 Å². The number of aliphatic hydroxyl groups is 1. The summed E-state index contributed by atoms with van der Waals surface area (Å²) in [7, 11) is 0. The maximum atomic E-state index is 9.13. The van der Waals surface area contributed by atoms with E-state index in [4.69, 9.17) is 10.8 Å². The Labute approximate surface area is 78.4 Å². The Morgan fingerprint density at radius 2 is 2.31 bits per heavy atom. The third-order valence-electron chi connectivity index (χ3n) is 2.79. The average molecular weight is 177 g/mol. The van der Waals surface area contributed by atoms with Crippen LogP contribution in [0.5, 0.6) is 0 Å². The average Bonchev–Trinajstić information content (AvgIpc) is 2.16. The van der Waals surface area contributed by atoms with E-state index in [1.807, 2.05) is 12.1 Å². The van der Waals surface area contributed by atoms with Crippen molar-refractivity contribution in [3.63, 3.8) is 0 Å². The fourth-order valence-electron chi connectivity index (χ4n) is 2.06. The van der Waals surface area contributed by atoms with Crippen molar-refractivity contribution in [3.8, 4) is 0 Å². The van der Waals surface area contributed by atoms with Gasteiger partial charge in [-0.05, 0) is 36.0 Å². The number of fused-ring (bicyclic) bond motifs is 1. The zero-order chi connectivity index (χ0) is 9.26. The summed E-state index contributed by atoms with van der Waals surface area (Å²) in [5.74, 6) is 0. The largest absolute Gasteiger partial charge is 0.392 e. The highest BCUT2D eigenvalue weighted by Crippen LogP contribution is 2.23. The molecule has 2 rings (SSSR count). The van der Waals surface area contributed by atoms with Gasteiger partial charge >= 0.3 is 0 Å². The van der Waals surface area contributed by atoms with Crippen LogP contribution in [0.1, 0.15) is 23.1 Å². The summed E-state index contributed by atoms with van der Waals surface area (Å²) in [5.41, 5.74) is 9.60. The van der Waals surface area contributed by atoms with Gasteiger partial charge in [0.05, 0.1) is 6.61 Å². The Morgan fingerprint density at radius 1 is 1.46 bits per heavy atom. The number of hydrogen-bond donors (Lipinski definition) is 2. The molecule has 1 unspecified atom stereocenters. The van der Waals surface area contributed by atoms with Gasteiger partial charge in [0.1, 0.15) is 0 Å². The summed E-state index contributed by atoms with van der Waals surface area (Å²) in [5, 5.41) is 9.13. The molecule has 0 saturated heterocycles. The van der Waals surface area contributed by atoms with Crippen LogP contribution in [0.3, 0.4) is 0 Å². The zero-order valence-corrected chi connectivity index (χ0v) is 7.66. The fraction of sp³-hybridized carbons (Fsp3) is 0.455. The van der Waals surface area contributed by atoms with Crippen molar-refractivity contribution in [1.82, 2.24) is 0 Å². The summed E-state index contributed by atoms with van der Waals surface area (Å²) in [6.45, 7) is 0.151. The zero-order valence-electron chi connectivity index (χ0n) is 7.66. The molecule has 1 aliphatic carbocycles. The van der Waals surface area contributed by atoms with Gasteiger partial charge in [0.2, 0.25) is 0 Å². The normalized spacial score (nSPS) is 21.2. The second-order valence-electron chi connectivity index (χ2n) is 3.72. The van der Waals surface area contributed by atoms with Crippen molar-refractivity contribution in [3.05, 3.63) is 34.9 Å². The monoisotopic (exact) mass is 177 g/mol. The van der Waals surface area contributed by atoms with Gasteiger partial charge in [-0.3, -0.25) is 0 Å². The molecule has 1 aromatic rings. The number of aliphatic hydroxyl groups excluding tert-OH is 1. The van der Waals surface area contributed by atoms with Gasteiger partial charge in [-0.2, -0.15) is 0 Å². The van der Waals surface area contributed by atoms with Gasteiger partial charge in [0.25, 0.3) is 0 Å². The van der Waals surface area contributed by atoms with Crippen molar-refractivity contribution in [2.24, 2.45) is 5.73 Å². The highest BCUT2D eigenvalue weighted by molar-refractivity contribution is 5.37. The first-order chi connectivity index (χ1) is 6.31. The van der Waals surface area contributed by atoms with Crippen LogP contribution in [-0.4, -0.2) is 11.1 Å². The molecular weight excluding hydrogens is 162 g/mol. The maximum absolute atomic E-state index is 9.13. The molecule has 70 valence electrons. The van der Waals surface area contributed by atoms with Crippen molar-refractivity contribution < 1.29 is 5.11 Å². The van der Waals surface area contributed by atoms with Gasteiger partial charge in [0.15, 0.2) is 0 Å². The third-order valence-corrected chi connectivity index (χ3v) is 2.79. The summed E-state index contributed by atoms with van der Waals surface area (Å²) in [4.78, 5) is 0. The Kier molecular flexibility index (Phi) is 2.34. The van der Waals surface area contributed by atoms with Crippen molar-refractivity contribution in [2.75, 3.05) is 0 Å². The van der Waals surface area contributed by atoms with Gasteiger partial charge in [0, 0.05) is 6.04 Å². The minimum Gasteiger partial charge on any atom is -0.392 e. The number of benzene rings is 1. The van der Waals surface area contributed by atoms with Crippen LogP contribution in [0.4, 0.5) is 0 Å². The Morgan fingerprint density at radius 3 is 3.08 bits per heavy atom. The van der Waals surface area contributed by atoms with E-state index in [2.05, 4.69) is 6.07 Å². The summed E-state index contributed by atoms with van der Waals surface area (Å²) < 4.78 is 0. The predicted molar refractivity (Wildman–Crippen MR) is 52.4 cm³/mol. The molecule has 2 heteroatoms. The first kappa shape index (κ1) is 8.73. The maximum Gasteiger partial charge on any atom is 0.0684 e. The molecule has 1 aliphatic rings. The second kappa shape index (κ2) is 3.48. The standard InChI is InChI=1S/C11H15NO/c12-10-4-5-11-8(6-10)2-1-3-9(11)7-13/h1-3,10,13H,4-7,12H2. The molecule has 0 bridgehead atoms. The first-order valence-corrected chi connectivity index (χ1v) is 4.77. The van der Waals surface area contributed by atoms with Crippen LogP contribution < -0.4 is 5.73 Å². The van der Waals surface area contributed by atoms with E-state index in [9.17, 15) is 0 Å². The molecule has 0 spiro atoms. The number of hydrogen-bond acceptors (Lipinski definition) is 2. The van der Waals surface area contributed by atoms with Gasteiger partial charge in [-0.25, -0.2) is 0 Å². The molecule has 0 amide bonds. The molecule has 0 heterocycles. The summed E-state index contributed by atoms with van der Waals surface area (Å²) in [6, 6.07) is 6.42. The van der Waals surface area contributed by atoms with Crippen LogP contribution in [0.25, 0.3) is 0 Å². The molecular formula is C11H15NO. The van der Waals surface area contributed by atoms with Crippen molar-refractivity contribution >= 4 is 0 Å². The molecule has 0 saturated carbocycles. The Bertz CT molecular complexity index is 309. The van der Waals surface area contributed by atoms with Crippen LogP contribution in [0.2, 0.25) is 0 Å². The SMILES string of the molecule is NC1CCc2c(CO)cccc2C1. The molecule has 0 fully saturated rings. The van der Waals surface area contributed by atoms with Crippen LogP contribution in [0.15, 0.2) is 18.2 Å². The summed E-state index contributed by atoms with van der Waals surface area (Å²) >= 11 is 0. The molecule has 1 aromatic carbocycles. The molecule has 0 aliphatic heterocycles. The Balaban J connectivity index is 2.39. The lowest BCUT2D eigenvalue weighted by molar-refractivity contribution is 0.280. The van der Waals surface area contributed by atoms with E-state index >= 15 is 0 Å². The van der Waals surface area contributed by atoms with Crippen LogP contribution in [-0.2, 0) is 19.4 Å². The van der Waals surface area contributed by atoms with E-state index in [0.29, 0.717) is 6.04 Å². The van der Waals surface area contributed by atoms with Crippen molar-refractivity contribution in [2.45, 2.75) is 31.9 Å². The molecule has 1 atom stereocenters. The quantitative estimate of drug-likeness (QED) is 0.672. The van der Waals surface area contributed by atoms with E-state index < -0.39 is 0 Å². The number of nitrogens with two attached hydrogens (primary N) is 1. The molecule has 2 nitrogen and oxygen atoms in total. The summed E-state index contributed by atoms with van der Waals surface area (Å²) in [6.07, 6.45) is 3.03. The number of rotatable bonds is 1. The lowest BCUT2D eigenvalue weighted by atomic mass is 9.86. The van der Waals surface area contributed by atoms with Gasteiger partial charge < -0.3 is 10.8 Å². The van der Waals surface area contributed by atoms with E-state index in [-0.39, 0.29) is 6.61 Å². The van der Waals surface area contributed by atoms with Gasteiger partial charge in [-0.1, -0.05) is 18.2 Å². The second-order valence-corrected chi connectivity index (χ2v) is 3.72. The minimum absolute atomic E-state index is 0.151. The van der Waals surface area contributed by atoms with Crippen LogP contribution >= 0.6 is 0 Å². The van der Waals surface area contributed by atoms with E-state index in [1.165, 1.54) is 11.1 Å². The lowest BCUT2D eigenvalue weighted by Gasteiger charge is -2.23. The molecule has 0 radical (unpaired) electrons. The molecule has 0 aromatic heterocycles. The Hall–Kier alpha value is -0.860. The first-order valence-electron chi connectivity index (χ1n) is 4.77. The van der Waals surface area contributed by atoms with E-state index in [1.54, 1.807) is 0 Å². The minimum atomic E-state index is 0.151.